The molecule has 0 aromatic carbocycles. The second kappa shape index (κ2) is 6.67. The van der Waals surface area contributed by atoms with Crippen molar-refractivity contribution in [1.82, 2.24) is 4.90 Å². The summed E-state index contributed by atoms with van der Waals surface area (Å²) in [6.45, 7) is 4.63. The normalized spacial score (nSPS) is 30.3. The summed E-state index contributed by atoms with van der Waals surface area (Å²) in [6, 6.07) is 0. The molecule has 0 aromatic heterocycles. The number of likely N-dealkylation sites (tertiary alicyclic amines) is 1. The lowest BCUT2D eigenvalue weighted by Crippen LogP contribution is -2.72. The Hall–Kier alpha value is 0.0569. The van der Waals surface area contributed by atoms with Crippen molar-refractivity contribution in [3.63, 3.8) is 0 Å². The molecule has 1 saturated carbocycles. The van der Waals surface area contributed by atoms with Crippen LogP contribution in [-0.4, -0.2) is 53.8 Å². The van der Waals surface area contributed by atoms with Gasteiger partial charge in [0.2, 0.25) is 0 Å². The zero-order valence-corrected chi connectivity index (χ0v) is 13.9. The van der Waals surface area contributed by atoms with Gasteiger partial charge in [-0.3, -0.25) is 4.90 Å². The third-order valence-electron chi connectivity index (χ3n) is 4.89. The van der Waals surface area contributed by atoms with Gasteiger partial charge in [-0.05, 0) is 24.7 Å². The number of hydrogen-bond donors (Lipinski definition) is 0. The average molecular weight is 287 g/mol. The highest BCUT2D eigenvalue weighted by atomic mass is 28.4. The van der Waals surface area contributed by atoms with E-state index in [4.69, 9.17) is 13.3 Å². The zero-order valence-electron chi connectivity index (χ0n) is 12.9. The fraction of sp³-hybridized carbons (Fsp3) is 1.00. The predicted molar refractivity (Wildman–Crippen MR) is 77.9 cm³/mol. The van der Waals surface area contributed by atoms with Gasteiger partial charge in [0.1, 0.15) is 0 Å². The molecule has 1 saturated heterocycles. The summed E-state index contributed by atoms with van der Waals surface area (Å²) in [4.78, 5) is 2.55. The molecule has 112 valence electrons. The molecular formula is C14H29NO3Si. The largest absolute Gasteiger partial charge is 0.518 e. The standard InChI is InChI=1S/C14H29NO3Si/c1-12-10-15(11-13-8-6-5-7-9-13)14(12)19(16-2,17-3)18-4/h12-14H,5-11H2,1-4H3. The lowest BCUT2D eigenvalue weighted by molar-refractivity contribution is -0.0155. The second-order valence-electron chi connectivity index (χ2n) is 6.10. The van der Waals surface area contributed by atoms with Gasteiger partial charge in [-0.15, -0.1) is 0 Å². The molecule has 5 heteroatoms. The van der Waals surface area contributed by atoms with Crippen LogP contribution in [-0.2, 0) is 13.3 Å². The van der Waals surface area contributed by atoms with E-state index in [1.165, 1.54) is 38.6 Å². The van der Waals surface area contributed by atoms with E-state index >= 15 is 0 Å². The monoisotopic (exact) mass is 287 g/mol. The second-order valence-corrected chi connectivity index (χ2v) is 9.12. The number of hydrogen-bond acceptors (Lipinski definition) is 4. The van der Waals surface area contributed by atoms with Gasteiger partial charge in [-0.25, -0.2) is 0 Å². The first-order valence-electron chi connectivity index (χ1n) is 7.56. The van der Waals surface area contributed by atoms with Crippen LogP contribution in [0.25, 0.3) is 0 Å². The topological polar surface area (TPSA) is 30.9 Å². The van der Waals surface area contributed by atoms with E-state index in [1.807, 2.05) is 0 Å². The van der Waals surface area contributed by atoms with Gasteiger partial charge in [0, 0.05) is 34.4 Å². The predicted octanol–water partition coefficient (Wildman–Crippen LogP) is 2.30. The average Bonchev–Trinajstić information content (AvgIpc) is 2.45. The molecule has 1 aliphatic carbocycles. The molecule has 0 radical (unpaired) electrons. The molecule has 2 aliphatic rings. The minimum Gasteiger partial charge on any atom is -0.376 e. The minimum atomic E-state index is -2.52. The first kappa shape index (κ1) is 15.4. The fourth-order valence-electron chi connectivity index (χ4n) is 3.88. The molecule has 0 N–H and O–H groups in total. The van der Waals surface area contributed by atoms with Gasteiger partial charge in [-0.1, -0.05) is 26.2 Å². The summed E-state index contributed by atoms with van der Waals surface area (Å²) >= 11 is 0. The Bertz CT molecular complexity index is 272. The van der Waals surface area contributed by atoms with Crippen LogP contribution in [0.1, 0.15) is 39.0 Å². The van der Waals surface area contributed by atoms with Crippen LogP contribution in [0.3, 0.4) is 0 Å². The minimum absolute atomic E-state index is 0.342. The highest BCUT2D eigenvalue weighted by Crippen LogP contribution is 2.35. The molecule has 2 unspecified atom stereocenters. The van der Waals surface area contributed by atoms with Crippen LogP contribution in [0, 0.1) is 11.8 Å². The Morgan fingerprint density at radius 3 is 2.05 bits per heavy atom. The van der Waals surface area contributed by atoms with Gasteiger partial charge in [-0.2, -0.15) is 0 Å². The molecule has 0 aromatic rings. The van der Waals surface area contributed by atoms with Crippen molar-refractivity contribution in [2.75, 3.05) is 34.4 Å². The van der Waals surface area contributed by atoms with E-state index < -0.39 is 8.80 Å². The molecule has 0 amide bonds. The summed E-state index contributed by atoms with van der Waals surface area (Å²) in [5.74, 6) is 1.47. The molecular weight excluding hydrogens is 258 g/mol. The van der Waals surface area contributed by atoms with E-state index in [0.717, 1.165) is 12.5 Å². The molecule has 19 heavy (non-hydrogen) atoms. The van der Waals surface area contributed by atoms with Crippen molar-refractivity contribution in [1.29, 1.82) is 0 Å². The van der Waals surface area contributed by atoms with Crippen molar-refractivity contribution in [2.24, 2.45) is 11.8 Å². The Labute approximate surface area is 118 Å². The molecule has 0 bridgehead atoms. The number of rotatable bonds is 6. The quantitative estimate of drug-likeness (QED) is 0.702. The molecule has 2 atom stereocenters. The van der Waals surface area contributed by atoms with Gasteiger partial charge < -0.3 is 13.3 Å². The van der Waals surface area contributed by atoms with Crippen LogP contribution in [0.4, 0.5) is 0 Å². The highest BCUT2D eigenvalue weighted by molar-refractivity contribution is 6.62. The Morgan fingerprint density at radius 2 is 1.58 bits per heavy atom. The van der Waals surface area contributed by atoms with E-state index in [9.17, 15) is 0 Å². The van der Waals surface area contributed by atoms with Gasteiger partial charge in [0.25, 0.3) is 0 Å². The van der Waals surface area contributed by atoms with E-state index in [-0.39, 0.29) is 0 Å². The molecule has 4 nitrogen and oxygen atoms in total. The molecule has 1 aliphatic heterocycles. The summed E-state index contributed by atoms with van der Waals surface area (Å²) in [7, 11) is 2.66. The zero-order chi connectivity index (χ0) is 13.9. The van der Waals surface area contributed by atoms with Crippen molar-refractivity contribution < 1.29 is 13.3 Å². The first-order chi connectivity index (χ1) is 9.16. The molecule has 2 rings (SSSR count). The van der Waals surface area contributed by atoms with Crippen LogP contribution < -0.4 is 0 Å². The van der Waals surface area contributed by atoms with E-state index in [0.29, 0.717) is 11.6 Å². The summed E-state index contributed by atoms with van der Waals surface area (Å²) in [5, 5.41) is 0. The molecule has 2 fully saturated rings. The summed E-state index contributed by atoms with van der Waals surface area (Å²) in [5.41, 5.74) is 0.342. The van der Waals surface area contributed by atoms with E-state index in [1.54, 1.807) is 21.3 Å². The van der Waals surface area contributed by atoms with Crippen molar-refractivity contribution in [2.45, 2.75) is 44.7 Å². The Kier molecular flexibility index (Phi) is 5.43. The van der Waals surface area contributed by atoms with Crippen LogP contribution in [0.15, 0.2) is 0 Å². The van der Waals surface area contributed by atoms with Gasteiger partial charge in [0.05, 0.1) is 5.67 Å². The molecule has 0 spiro atoms. The Balaban J connectivity index is 1.97. The first-order valence-corrected chi connectivity index (χ1v) is 9.36. The molecule has 1 heterocycles. The van der Waals surface area contributed by atoms with Crippen LogP contribution >= 0.6 is 0 Å². The fourth-order valence-corrected chi connectivity index (χ4v) is 6.56. The van der Waals surface area contributed by atoms with Crippen molar-refractivity contribution in [3.05, 3.63) is 0 Å². The van der Waals surface area contributed by atoms with Crippen LogP contribution in [0.5, 0.6) is 0 Å². The maximum atomic E-state index is 5.68. The number of nitrogens with zero attached hydrogens (tertiary/aromatic N) is 1. The third-order valence-corrected chi connectivity index (χ3v) is 8.25. The Morgan fingerprint density at radius 1 is 1.00 bits per heavy atom. The maximum Gasteiger partial charge on any atom is 0.518 e. The lowest BCUT2D eigenvalue weighted by atomic mass is 9.87. The summed E-state index contributed by atoms with van der Waals surface area (Å²) in [6.07, 6.45) is 7.00. The third kappa shape index (κ3) is 3.05. The SMILES string of the molecule is CO[Si](OC)(OC)C1C(C)CN1CC1CCCCC1. The van der Waals surface area contributed by atoms with E-state index in [2.05, 4.69) is 11.8 Å². The smallest absolute Gasteiger partial charge is 0.376 e. The maximum absolute atomic E-state index is 5.68. The van der Waals surface area contributed by atoms with Crippen molar-refractivity contribution >= 4 is 8.80 Å². The summed E-state index contributed by atoms with van der Waals surface area (Å²) < 4.78 is 17.0. The van der Waals surface area contributed by atoms with Gasteiger partial charge >= 0.3 is 8.80 Å². The van der Waals surface area contributed by atoms with Crippen LogP contribution in [0.2, 0.25) is 0 Å². The van der Waals surface area contributed by atoms with Crippen molar-refractivity contribution in [3.8, 4) is 0 Å². The highest BCUT2D eigenvalue weighted by Gasteiger charge is 2.58. The van der Waals surface area contributed by atoms with Gasteiger partial charge in [0.15, 0.2) is 0 Å². The lowest BCUT2D eigenvalue weighted by Gasteiger charge is -2.52.